The Kier molecular flexibility index (Phi) is 3.81. The van der Waals surface area contributed by atoms with E-state index in [2.05, 4.69) is 4.98 Å². The third-order valence-corrected chi connectivity index (χ3v) is 3.64. The first kappa shape index (κ1) is 14.8. The summed E-state index contributed by atoms with van der Waals surface area (Å²) >= 11 is 0. The molecule has 0 N–H and O–H groups in total. The molecule has 0 radical (unpaired) electrons. The predicted octanol–water partition coefficient (Wildman–Crippen LogP) is 0.555. The van der Waals surface area contributed by atoms with Crippen LogP contribution < -0.4 is 10.3 Å². The van der Waals surface area contributed by atoms with Gasteiger partial charge in [0.05, 0.1) is 24.7 Å². The largest absolute Gasteiger partial charge is 0.471 e. The van der Waals surface area contributed by atoms with Gasteiger partial charge in [0.1, 0.15) is 11.7 Å². The van der Waals surface area contributed by atoms with Crippen LogP contribution in [0, 0.1) is 11.3 Å². The predicted molar refractivity (Wildman–Crippen MR) is 81.0 cm³/mol. The molecule has 7 nitrogen and oxygen atoms in total. The Labute approximate surface area is 132 Å². The van der Waals surface area contributed by atoms with Crippen molar-refractivity contribution in [3.8, 4) is 11.9 Å². The smallest absolute Gasteiger partial charge is 0.263 e. The lowest BCUT2D eigenvalue weighted by Gasteiger charge is -2.38. The molecule has 116 valence electrons. The number of aromatic nitrogens is 2. The molecule has 0 aliphatic carbocycles. The molecule has 23 heavy (non-hydrogen) atoms. The monoisotopic (exact) mass is 310 g/mol. The van der Waals surface area contributed by atoms with Crippen molar-refractivity contribution >= 4 is 5.91 Å². The van der Waals surface area contributed by atoms with E-state index >= 15 is 0 Å². The third-order valence-electron chi connectivity index (χ3n) is 3.64. The quantitative estimate of drug-likeness (QED) is 0.826. The van der Waals surface area contributed by atoms with Crippen molar-refractivity contribution in [2.75, 3.05) is 13.1 Å². The van der Waals surface area contributed by atoms with Gasteiger partial charge in [-0.15, -0.1) is 0 Å². The van der Waals surface area contributed by atoms with Crippen LogP contribution in [0.15, 0.2) is 41.5 Å². The van der Waals surface area contributed by atoms with Crippen LogP contribution >= 0.6 is 0 Å². The standard InChI is InChI=1S/C16H14N4O3/c1-19-6-2-3-13(15(19)21)16(22)20-9-12(10-20)23-14-7-11(8-17)4-5-18-14/h2-7,12H,9-10H2,1H3. The van der Waals surface area contributed by atoms with Gasteiger partial charge in [0.15, 0.2) is 0 Å². The molecule has 1 fully saturated rings. The molecule has 1 aliphatic heterocycles. The van der Waals surface area contributed by atoms with E-state index in [1.807, 2.05) is 6.07 Å². The van der Waals surface area contributed by atoms with Crippen LogP contribution in [-0.2, 0) is 7.05 Å². The summed E-state index contributed by atoms with van der Waals surface area (Å²) in [6.45, 7) is 0.769. The molecule has 0 spiro atoms. The van der Waals surface area contributed by atoms with Gasteiger partial charge in [-0.25, -0.2) is 4.98 Å². The van der Waals surface area contributed by atoms with E-state index in [0.717, 1.165) is 0 Å². The molecular formula is C16H14N4O3. The first-order valence-corrected chi connectivity index (χ1v) is 7.06. The fraction of sp³-hybridized carbons (Fsp3) is 0.250. The van der Waals surface area contributed by atoms with E-state index in [0.29, 0.717) is 24.5 Å². The zero-order valence-corrected chi connectivity index (χ0v) is 12.5. The van der Waals surface area contributed by atoms with Crippen molar-refractivity contribution in [2.45, 2.75) is 6.10 Å². The molecule has 0 bridgehead atoms. The lowest BCUT2D eigenvalue weighted by atomic mass is 10.1. The maximum absolute atomic E-state index is 12.3. The Morgan fingerprint density at radius 3 is 2.96 bits per heavy atom. The highest BCUT2D eigenvalue weighted by Crippen LogP contribution is 2.18. The van der Waals surface area contributed by atoms with Gasteiger partial charge in [-0.2, -0.15) is 5.26 Å². The van der Waals surface area contributed by atoms with E-state index in [-0.39, 0.29) is 23.1 Å². The lowest BCUT2D eigenvalue weighted by Crippen LogP contribution is -2.57. The Hall–Kier alpha value is -3.14. The minimum Gasteiger partial charge on any atom is -0.471 e. The van der Waals surface area contributed by atoms with Crippen molar-refractivity contribution in [2.24, 2.45) is 7.05 Å². The Morgan fingerprint density at radius 2 is 2.22 bits per heavy atom. The first-order valence-electron chi connectivity index (χ1n) is 7.06. The van der Waals surface area contributed by atoms with Gasteiger partial charge < -0.3 is 14.2 Å². The topological polar surface area (TPSA) is 88.2 Å². The van der Waals surface area contributed by atoms with E-state index in [9.17, 15) is 9.59 Å². The SMILES string of the molecule is Cn1cccc(C(=O)N2CC(Oc3cc(C#N)ccn3)C2)c1=O. The molecule has 0 aromatic carbocycles. The summed E-state index contributed by atoms with van der Waals surface area (Å²) < 4.78 is 7.00. The number of pyridine rings is 2. The molecule has 3 rings (SSSR count). The second-order valence-corrected chi connectivity index (χ2v) is 5.28. The van der Waals surface area contributed by atoms with Crippen LogP contribution in [0.1, 0.15) is 15.9 Å². The zero-order valence-electron chi connectivity index (χ0n) is 12.5. The number of rotatable bonds is 3. The van der Waals surface area contributed by atoms with Gasteiger partial charge in [0, 0.05) is 25.5 Å². The van der Waals surface area contributed by atoms with Gasteiger partial charge in [-0.05, 0) is 18.2 Å². The number of ether oxygens (including phenoxy) is 1. The molecule has 0 unspecified atom stereocenters. The summed E-state index contributed by atoms with van der Waals surface area (Å²) in [6, 6.07) is 8.35. The van der Waals surface area contributed by atoms with Gasteiger partial charge in [-0.3, -0.25) is 9.59 Å². The third kappa shape index (κ3) is 2.92. The normalized spacial score (nSPS) is 14.0. The highest BCUT2D eigenvalue weighted by Gasteiger charge is 2.34. The fourth-order valence-electron chi connectivity index (χ4n) is 2.32. The van der Waals surface area contributed by atoms with Crippen LogP contribution in [-0.4, -0.2) is 39.6 Å². The summed E-state index contributed by atoms with van der Waals surface area (Å²) in [6.07, 6.45) is 2.92. The molecule has 1 aliphatic rings. The summed E-state index contributed by atoms with van der Waals surface area (Å²) in [7, 11) is 1.61. The first-order chi connectivity index (χ1) is 11.1. The number of likely N-dealkylation sites (tertiary alicyclic amines) is 1. The minimum atomic E-state index is -0.315. The van der Waals surface area contributed by atoms with Crippen molar-refractivity contribution < 1.29 is 9.53 Å². The summed E-state index contributed by atoms with van der Waals surface area (Å²) in [5.74, 6) is 0.0570. The maximum Gasteiger partial charge on any atom is 0.263 e. The van der Waals surface area contributed by atoms with Crippen molar-refractivity contribution in [1.82, 2.24) is 14.5 Å². The van der Waals surface area contributed by atoms with Crippen molar-refractivity contribution in [3.05, 3.63) is 58.1 Å². The number of nitrogens with zero attached hydrogens (tertiary/aromatic N) is 4. The van der Waals surface area contributed by atoms with E-state index in [4.69, 9.17) is 10.00 Å². The van der Waals surface area contributed by atoms with Crippen LogP contribution in [0.5, 0.6) is 5.88 Å². The number of hydrogen-bond acceptors (Lipinski definition) is 5. The van der Waals surface area contributed by atoms with Crippen molar-refractivity contribution in [3.63, 3.8) is 0 Å². The highest BCUT2D eigenvalue weighted by molar-refractivity contribution is 5.94. The molecule has 2 aromatic rings. The Morgan fingerprint density at radius 1 is 1.43 bits per heavy atom. The minimum absolute atomic E-state index is 0.151. The van der Waals surface area contributed by atoms with Crippen LogP contribution in [0.4, 0.5) is 0 Å². The average Bonchev–Trinajstić information content (AvgIpc) is 2.52. The van der Waals surface area contributed by atoms with Crippen LogP contribution in [0.2, 0.25) is 0 Å². The molecule has 3 heterocycles. The second-order valence-electron chi connectivity index (χ2n) is 5.28. The van der Waals surface area contributed by atoms with E-state index < -0.39 is 0 Å². The second kappa shape index (κ2) is 5.93. The van der Waals surface area contributed by atoms with E-state index in [1.54, 1.807) is 36.3 Å². The zero-order chi connectivity index (χ0) is 16.4. The number of amides is 1. The molecular weight excluding hydrogens is 296 g/mol. The van der Waals surface area contributed by atoms with Crippen LogP contribution in [0.25, 0.3) is 0 Å². The molecule has 1 saturated heterocycles. The average molecular weight is 310 g/mol. The molecule has 0 atom stereocenters. The van der Waals surface area contributed by atoms with Crippen molar-refractivity contribution in [1.29, 1.82) is 5.26 Å². The molecule has 2 aromatic heterocycles. The summed E-state index contributed by atoms with van der Waals surface area (Å²) in [5.41, 5.74) is 0.304. The number of nitriles is 1. The molecule has 0 saturated carbocycles. The maximum atomic E-state index is 12.3. The lowest BCUT2D eigenvalue weighted by molar-refractivity contribution is 0.0158. The number of carbonyl (C=O) groups is 1. The molecule has 1 amide bonds. The number of carbonyl (C=O) groups excluding carboxylic acids is 1. The Balaban J connectivity index is 1.63. The fourth-order valence-corrected chi connectivity index (χ4v) is 2.32. The van der Waals surface area contributed by atoms with Gasteiger partial charge in [0.2, 0.25) is 5.88 Å². The van der Waals surface area contributed by atoms with Gasteiger partial charge in [-0.1, -0.05) is 0 Å². The summed E-state index contributed by atoms with van der Waals surface area (Å²) in [5, 5.41) is 8.84. The number of hydrogen-bond donors (Lipinski definition) is 0. The van der Waals surface area contributed by atoms with E-state index in [1.165, 1.54) is 16.8 Å². The van der Waals surface area contributed by atoms with Crippen LogP contribution in [0.3, 0.4) is 0 Å². The molecule has 7 heteroatoms. The highest BCUT2D eigenvalue weighted by atomic mass is 16.5. The van der Waals surface area contributed by atoms with Gasteiger partial charge >= 0.3 is 0 Å². The van der Waals surface area contributed by atoms with Gasteiger partial charge in [0.25, 0.3) is 11.5 Å². The number of aryl methyl sites for hydroxylation is 1. The Bertz CT molecular complexity index is 847. The summed E-state index contributed by atoms with van der Waals surface area (Å²) in [4.78, 5) is 29.8.